The van der Waals surface area contributed by atoms with Crippen LogP contribution in [0.3, 0.4) is 0 Å². The van der Waals surface area contributed by atoms with Crippen molar-refractivity contribution in [3.8, 4) is 0 Å². The van der Waals surface area contributed by atoms with Gasteiger partial charge in [0.1, 0.15) is 4.21 Å². The Labute approximate surface area is 127 Å². The van der Waals surface area contributed by atoms with Crippen LogP contribution in [0.25, 0.3) is 0 Å². The zero-order valence-corrected chi connectivity index (χ0v) is 14.1. The number of benzene rings is 1. The van der Waals surface area contributed by atoms with E-state index in [9.17, 15) is 8.42 Å². The molecule has 1 aromatic carbocycles. The molecule has 2 rings (SSSR count). The van der Waals surface area contributed by atoms with Crippen molar-refractivity contribution in [1.82, 2.24) is 0 Å². The van der Waals surface area contributed by atoms with E-state index in [1.165, 1.54) is 11.3 Å². The summed E-state index contributed by atoms with van der Waals surface area (Å²) in [4.78, 5) is 0.960. The first-order valence-electron chi connectivity index (χ1n) is 4.93. The van der Waals surface area contributed by atoms with Crippen LogP contribution in [0.4, 0.5) is 5.69 Å². The summed E-state index contributed by atoms with van der Waals surface area (Å²) in [6.45, 7) is 1.87. The van der Waals surface area contributed by atoms with Crippen LogP contribution < -0.4 is 4.72 Å². The Bertz CT molecular complexity index is 660. The minimum Gasteiger partial charge on any atom is -0.277 e. The van der Waals surface area contributed by atoms with Crippen molar-refractivity contribution in [2.45, 2.75) is 11.1 Å². The summed E-state index contributed by atoms with van der Waals surface area (Å²) in [5.41, 5.74) is 0.503. The maximum absolute atomic E-state index is 12.2. The average Bonchev–Trinajstić information content (AvgIpc) is 2.71. The SMILES string of the molecule is Cc1ccc(S(=O)(=O)Nc2c(Br)cccc2Br)s1. The molecular formula is C11H9Br2NO2S2. The van der Waals surface area contributed by atoms with Crippen molar-refractivity contribution in [2.75, 3.05) is 4.72 Å². The molecule has 0 bridgehead atoms. The summed E-state index contributed by atoms with van der Waals surface area (Å²) in [7, 11) is -3.53. The molecule has 0 saturated heterocycles. The first-order valence-corrected chi connectivity index (χ1v) is 8.82. The normalized spacial score (nSPS) is 11.5. The number of anilines is 1. The third kappa shape index (κ3) is 2.96. The highest BCUT2D eigenvalue weighted by molar-refractivity contribution is 9.11. The highest BCUT2D eigenvalue weighted by Gasteiger charge is 2.18. The smallest absolute Gasteiger partial charge is 0.271 e. The number of halogens is 2. The fourth-order valence-corrected chi connectivity index (χ4v) is 5.18. The van der Waals surface area contributed by atoms with Gasteiger partial charge in [-0.15, -0.1) is 11.3 Å². The lowest BCUT2D eigenvalue weighted by molar-refractivity contribution is 0.603. The van der Waals surface area contributed by atoms with Crippen LogP contribution in [0.15, 0.2) is 43.5 Å². The van der Waals surface area contributed by atoms with Crippen LogP contribution in [-0.2, 0) is 10.0 Å². The quantitative estimate of drug-likeness (QED) is 0.815. The number of aryl methyl sites for hydroxylation is 1. The van der Waals surface area contributed by atoms with Crippen molar-refractivity contribution in [2.24, 2.45) is 0 Å². The minimum atomic E-state index is -3.53. The molecule has 0 aliphatic rings. The highest BCUT2D eigenvalue weighted by atomic mass is 79.9. The number of nitrogens with one attached hydrogen (secondary N) is 1. The Morgan fingerprint density at radius 1 is 1.11 bits per heavy atom. The summed E-state index contributed by atoms with van der Waals surface area (Å²) in [6, 6.07) is 8.77. The second-order valence-electron chi connectivity index (χ2n) is 3.57. The molecule has 1 aromatic heterocycles. The minimum absolute atomic E-state index is 0.308. The van der Waals surface area contributed by atoms with Crippen LogP contribution in [-0.4, -0.2) is 8.42 Å². The molecular weight excluding hydrogens is 402 g/mol. The van der Waals surface area contributed by atoms with Crippen molar-refractivity contribution in [3.63, 3.8) is 0 Å². The van der Waals surface area contributed by atoms with Gasteiger partial charge in [0.25, 0.3) is 10.0 Å². The van der Waals surface area contributed by atoms with Gasteiger partial charge in [0.15, 0.2) is 0 Å². The standard InChI is InChI=1S/C11H9Br2NO2S2/c1-7-5-6-10(17-7)18(15,16)14-11-8(12)3-2-4-9(11)13/h2-6,14H,1H3. The van der Waals surface area contributed by atoms with Crippen LogP contribution >= 0.6 is 43.2 Å². The van der Waals surface area contributed by atoms with E-state index in [0.29, 0.717) is 18.8 Å². The molecule has 0 aliphatic carbocycles. The van der Waals surface area contributed by atoms with Crippen LogP contribution in [0.1, 0.15) is 4.88 Å². The summed E-state index contributed by atoms with van der Waals surface area (Å²) in [5, 5.41) is 0. The Kier molecular flexibility index (Phi) is 4.15. The van der Waals surface area contributed by atoms with Gasteiger partial charge in [-0.05, 0) is 63.0 Å². The molecule has 1 heterocycles. The van der Waals surface area contributed by atoms with Gasteiger partial charge in [-0.1, -0.05) is 6.07 Å². The number of hydrogen-bond donors (Lipinski definition) is 1. The molecule has 0 spiro atoms. The fraction of sp³-hybridized carbons (Fsp3) is 0.0909. The Morgan fingerprint density at radius 3 is 2.22 bits per heavy atom. The van der Waals surface area contributed by atoms with E-state index in [0.717, 1.165) is 4.88 Å². The second kappa shape index (κ2) is 5.32. The topological polar surface area (TPSA) is 46.2 Å². The highest BCUT2D eigenvalue weighted by Crippen LogP contribution is 2.33. The van der Waals surface area contributed by atoms with Gasteiger partial charge < -0.3 is 0 Å². The third-order valence-corrected chi connectivity index (χ3v) is 6.34. The van der Waals surface area contributed by atoms with Gasteiger partial charge in [-0.2, -0.15) is 0 Å². The second-order valence-corrected chi connectivity index (χ2v) is 8.47. The maximum atomic E-state index is 12.2. The molecule has 96 valence electrons. The first kappa shape index (κ1) is 14.0. The molecule has 0 radical (unpaired) electrons. The Hall–Kier alpha value is -0.370. The van der Waals surface area contributed by atoms with E-state index < -0.39 is 10.0 Å². The van der Waals surface area contributed by atoms with Crippen molar-refractivity contribution < 1.29 is 8.42 Å². The largest absolute Gasteiger partial charge is 0.277 e. The lowest BCUT2D eigenvalue weighted by Gasteiger charge is -2.10. The van der Waals surface area contributed by atoms with Gasteiger partial charge in [-0.3, -0.25) is 4.72 Å². The number of para-hydroxylation sites is 1. The van der Waals surface area contributed by atoms with Crippen LogP contribution in [0, 0.1) is 6.92 Å². The fourth-order valence-electron chi connectivity index (χ4n) is 1.34. The van der Waals surface area contributed by atoms with Gasteiger partial charge in [-0.25, -0.2) is 8.42 Å². The average molecular weight is 411 g/mol. The molecule has 2 aromatic rings. The number of thiophene rings is 1. The molecule has 0 fully saturated rings. The molecule has 1 N–H and O–H groups in total. The predicted molar refractivity (Wildman–Crippen MR) is 81.7 cm³/mol. The predicted octanol–water partition coefficient (Wildman–Crippen LogP) is 4.38. The molecule has 0 atom stereocenters. The van der Waals surface area contributed by atoms with Gasteiger partial charge in [0.05, 0.1) is 5.69 Å². The third-order valence-electron chi connectivity index (χ3n) is 2.18. The first-order chi connectivity index (χ1) is 8.40. The van der Waals surface area contributed by atoms with E-state index >= 15 is 0 Å². The number of sulfonamides is 1. The summed E-state index contributed by atoms with van der Waals surface area (Å²) < 4.78 is 28.6. The molecule has 18 heavy (non-hydrogen) atoms. The molecule has 3 nitrogen and oxygen atoms in total. The molecule has 0 aliphatic heterocycles. The van der Waals surface area contributed by atoms with E-state index in [2.05, 4.69) is 36.6 Å². The zero-order chi connectivity index (χ0) is 13.3. The van der Waals surface area contributed by atoms with Crippen LogP contribution in [0.2, 0.25) is 0 Å². The van der Waals surface area contributed by atoms with E-state index in [4.69, 9.17) is 0 Å². The lowest BCUT2D eigenvalue weighted by Crippen LogP contribution is -2.12. The van der Waals surface area contributed by atoms with Gasteiger partial charge in [0.2, 0.25) is 0 Å². The van der Waals surface area contributed by atoms with Crippen LogP contribution in [0.5, 0.6) is 0 Å². The monoisotopic (exact) mass is 409 g/mol. The van der Waals surface area contributed by atoms with E-state index in [1.54, 1.807) is 24.3 Å². The maximum Gasteiger partial charge on any atom is 0.271 e. The summed E-state index contributed by atoms with van der Waals surface area (Å²) >= 11 is 7.89. The molecule has 7 heteroatoms. The Morgan fingerprint density at radius 2 is 1.72 bits per heavy atom. The molecule has 0 saturated carbocycles. The van der Waals surface area contributed by atoms with Crippen molar-refractivity contribution in [3.05, 3.63) is 44.2 Å². The summed E-state index contributed by atoms with van der Waals surface area (Å²) in [6.07, 6.45) is 0. The van der Waals surface area contributed by atoms with Crippen molar-refractivity contribution in [1.29, 1.82) is 0 Å². The van der Waals surface area contributed by atoms with Gasteiger partial charge >= 0.3 is 0 Å². The molecule has 0 amide bonds. The Balaban J connectivity index is 2.40. The number of hydrogen-bond acceptors (Lipinski definition) is 3. The van der Waals surface area contributed by atoms with Crippen molar-refractivity contribution >= 4 is 58.9 Å². The molecule has 0 unspecified atom stereocenters. The lowest BCUT2D eigenvalue weighted by atomic mass is 10.3. The van der Waals surface area contributed by atoms with E-state index in [-0.39, 0.29) is 0 Å². The van der Waals surface area contributed by atoms with E-state index in [1.807, 2.05) is 13.0 Å². The van der Waals surface area contributed by atoms with Gasteiger partial charge in [0, 0.05) is 13.8 Å². The summed E-state index contributed by atoms with van der Waals surface area (Å²) in [5.74, 6) is 0. The zero-order valence-electron chi connectivity index (χ0n) is 9.28. The number of rotatable bonds is 3.